The first kappa shape index (κ1) is 31.0. The zero-order valence-corrected chi connectivity index (χ0v) is 24.3. The number of fused-ring (bicyclic) bond motifs is 1. The molecule has 2 aromatic heterocycles. The minimum atomic E-state index is -4.65. The lowest BCUT2D eigenvalue weighted by molar-refractivity contribution is -0.138. The maximum Gasteiger partial charge on any atom is 0.418 e. The van der Waals surface area contributed by atoms with Gasteiger partial charge in [-0.05, 0) is 54.7 Å². The quantitative estimate of drug-likeness (QED) is 0.0994. The van der Waals surface area contributed by atoms with Crippen molar-refractivity contribution < 1.29 is 31.1 Å². The van der Waals surface area contributed by atoms with Crippen LogP contribution in [0.15, 0.2) is 60.7 Å². The zero-order chi connectivity index (χ0) is 31.6. The number of hydrogen-bond donors (Lipinski definition) is 4. The minimum absolute atomic E-state index is 0.0345. The second-order valence-electron chi connectivity index (χ2n) is 8.70. The van der Waals surface area contributed by atoms with Crippen molar-refractivity contribution in [3.05, 3.63) is 76.8 Å². The number of para-hydroxylation sites is 2. The van der Waals surface area contributed by atoms with E-state index in [9.17, 15) is 26.3 Å². The molecule has 5 aromatic rings. The van der Waals surface area contributed by atoms with E-state index in [1.165, 1.54) is 36.6 Å². The van der Waals surface area contributed by atoms with Gasteiger partial charge in [0.2, 0.25) is 17.8 Å². The van der Waals surface area contributed by atoms with Gasteiger partial charge in [0.1, 0.15) is 11.3 Å². The highest BCUT2D eigenvalue weighted by Gasteiger charge is 2.33. The first-order valence-corrected chi connectivity index (χ1v) is 13.7. The molecule has 44 heavy (non-hydrogen) atoms. The van der Waals surface area contributed by atoms with E-state index in [0.29, 0.717) is 16.4 Å². The summed E-state index contributed by atoms with van der Waals surface area (Å²) in [4.78, 5) is 17.1. The average molecular weight is 671 g/mol. The van der Waals surface area contributed by atoms with Crippen LogP contribution in [0.25, 0.3) is 10.2 Å². The average Bonchev–Trinajstić information content (AvgIpc) is 3.35. The second kappa shape index (κ2) is 12.3. The zero-order valence-electron chi connectivity index (χ0n) is 21.9. The first-order chi connectivity index (χ1) is 20.8. The molecule has 228 valence electrons. The van der Waals surface area contributed by atoms with E-state index in [4.69, 9.17) is 28.6 Å². The molecule has 0 spiro atoms. The minimum Gasteiger partial charge on any atom is -0.494 e. The van der Waals surface area contributed by atoms with E-state index < -0.39 is 23.5 Å². The molecule has 0 radical (unpaired) electrons. The lowest BCUT2D eigenvalue weighted by Crippen LogP contribution is -2.23. The summed E-state index contributed by atoms with van der Waals surface area (Å²) in [5.41, 5.74) is -1.63. The predicted octanol–water partition coefficient (Wildman–Crippen LogP) is 8.48. The lowest BCUT2D eigenvalue weighted by atomic mass is 10.2. The SMILES string of the molecule is COc1cccc2sc(Nc3nc(NC(=S)Nc4ccccc4C(F)(F)F)nc(Nc4ccc(C(F)(F)F)cc4Cl)n3)nc12. The van der Waals surface area contributed by atoms with Gasteiger partial charge in [-0.2, -0.15) is 41.3 Å². The van der Waals surface area contributed by atoms with Crippen molar-refractivity contribution in [1.29, 1.82) is 0 Å². The lowest BCUT2D eigenvalue weighted by Gasteiger charge is -2.16. The summed E-state index contributed by atoms with van der Waals surface area (Å²) in [6.45, 7) is 0. The maximum absolute atomic E-state index is 13.5. The molecule has 0 amide bonds. The molecule has 3 aromatic carbocycles. The normalized spacial score (nSPS) is 11.7. The predicted molar refractivity (Wildman–Crippen MR) is 160 cm³/mol. The Balaban J connectivity index is 1.46. The molecular formula is C26H17ClF6N8OS2. The third-order valence-electron chi connectivity index (χ3n) is 5.70. The van der Waals surface area contributed by atoms with Crippen molar-refractivity contribution in [3.8, 4) is 5.75 Å². The van der Waals surface area contributed by atoms with Gasteiger partial charge < -0.3 is 20.7 Å². The number of thiocarbonyl (C=S) groups is 1. The Morgan fingerprint density at radius 1 is 0.795 bits per heavy atom. The molecule has 5 rings (SSSR count). The van der Waals surface area contributed by atoms with E-state index in [1.807, 2.05) is 6.07 Å². The summed E-state index contributed by atoms with van der Waals surface area (Å²) in [6, 6.07) is 12.7. The molecule has 18 heteroatoms. The van der Waals surface area contributed by atoms with Crippen LogP contribution >= 0.6 is 35.2 Å². The summed E-state index contributed by atoms with van der Waals surface area (Å²) in [7, 11) is 1.50. The number of thiazole rings is 1. The van der Waals surface area contributed by atoms with E-state index in [1.54, 1.807) is 12.1 Å². The monoisotopic (exact) mass is 670 g/mol. The number of benzene rings is 3. The Kier molecular flexibility index (Phi) is 8.62. The number of hydrogen-bond acceptors (Lipinski definition) is 9. The number of halogens is 7. The van der Waals surface area contributed by atoms with Gasteiger partial charge in [-0.15, -0.1) is 0 Å². The fourth-order valence-electron chi connectivity index (χ4n) is 3.79. The molecule has 2 heterocycles. The Morgan fingerprint density at radius 2 is 1.50 bits per heavy atom. The van der Waals surface area contributed by atoms with Crippen molar-refractivity contribution in [2.75, 3.05) is 28.4 Å². The summed E-state index contributed by atoms with van der Waals surface area (Å²) in [5, 5.41) is 10.5. The summed E-state index contributed by atoms with van der Waals surface area (Å²) in [6.07, 6.45) is -9.27. The highest BCUT2D eigenvalue weighted by atomic mass is 35.5. The fourth-order valence-corrected chi connectivity index (χ4v) is 5.09. The molecule has 0 fully saturated rings. The molecular weight excluding hydrogens is 654 g/mol. The highest BCUT2D eigenvalue weighted by Crippen LogP contribution is 2.37. The fraction of sp³-hybridized carbons (Fsp3) is 0.115. The van der Waals surface area contributed by atoms with Crippen LogP contribution in [0.2, 0.25) is 5.02 Å². The van der Waals surface area contributed by atoms with Gasteiger partial charge in [0.05, 0.1) is 39.3 Å². The van der Waals surface area contributed by atoms with E-state index >= 15 is 0 Å². The van der Waals surface area contributed by atoms with Crippen molar-refractivity contribution >= 4 is 84.8 Å². The third kappa shape index (κ3) is 7.17. The highest BCUT2D eigenvalue weighted by molar-refractivity contribution is 7.80. The molecule has 9 nitrogen and oxygen atoms in total. The number of aromatic nitrogens is 4. The third-order valence-corrected chi connectivity index (χ3v) is 7.16. The van der Waals surface area contributed by atoms with Crippen LogP contribution in [0.4, 0.5) is 60.7 Å². The molecule has 0 aliphatic rings. The summed E-state index contributed by atoms with van der Waals surface area (Å²) < 4.78 is 85.8. The molecule has 0 unspecified atom stereocenters. The van der Waals surface area contributed by atoms with Crippen molar-refractivity contribution in [2.24, 2.45) is 0 Å². The Hall–Kier alpha value is -4.48. The topological polar surface area (TPSA) is 109 Å². The van der Waals surface area contributed by atoms with E-state index in [0.717, 1.165) is 29.0 Å². The van der Waals surface area contributed by atoms with E-state index in [-0.39, 0.29) is 39.4 Å². The Labute approximate surface area is 258 Å². The maximum atomic E-state index is 13.5. The Bertz CT molecular complexity index is 1850. The van der Waals surface area contributed by atoms with Crippen LogP contribution in [0.5, 0.6) is 5.75 Å². The van der Waals surface area contributed by atoms with Gasteiger partial charge in [0.25, 0.3) is 0 Å². The largest absolute Gasteiger partial charge is 0.494 e. The van der Waals surface area contributed by atoms with Crippen LogP contribution < -0.4 is 26.0 Å². The second-order valence-corrected chi connectivity index (χ2v) is 10.5. The molecule has 0 atom stereocenters. The van der Waals surface area contributed by atoms with E-state index in [2.05, 4.69) is 41.2 Å². The number of methoxy groups -OCH3 is 1. The van der Waals surface area contributed by atoms with Crippen LogP contribution in [-0.2, 0) is 12.4 Å². The van der Waals surface area contributed by atoms with Crippen molar-refractivity contribution in [3.63, 3.8) is 0 Å². The van der Waals surface area contributed by atoms with Crippen LogP contribution in [0.3, 0.4) is 0 Å². The molecule has 0 aliphatic heterocycles. The van der Waals surface area contributed by atoms with Gasteiger partial charge >= 0.3 is 12.4 Å². The van der Waals surface area contributed by atoms with Gasteiger partial charge in [-0.25, -0.2) is 4.98 Å². The molecule has 0 saturated carbocycles. The molecule has 4 N–H and O–H groups in total. The van der Waals surface area contributed by atoms with Gasteiger partial charge in [-0.3, -0.25) is 5.32 Å². The number of nitrogens with zero attached hydrogens (tertiary/aromatic N) is 4. The first-order valence-electron chi connectivity index (χ1n) is 12.1. The molecule has 0 saturated heterocycles. The standard InChI is InChI=1S/C26H17ClF6N8OS2/c1-42-17-7-4-8-18-19(17)36-24(44-18)41-22-38-20(34-16-10-9-12(11-14(16)27)25(28,29)30)37-21(39-22)40-23(43)35-15-6-3-2-5-13(15)26(31,32)33/h2-11H,1H3,(H4,34,35,36,37,38,39,40,41,43). The van der Waals surface area contributed by atoms with Gasteiger partial charge in [0, 0.05) is 0 Å². The smallest absolute Gasteiger partial charge is 0.418 e. The van der Waals surface area contributed by atoms with Crippen LogP contribution in [0, 0.1) is 0 Å². The number of nitrogens with one attached hydrogen (secondary N) is 4. The number of ether oxygens (including phenoxy) is 1. The Morgan fingerprint density at radius 3 is 2.18 bits per heavy atom. The van der Waals surface area contributed by atoms with Crippen molar-refractivity contribution in [2.45, 2.75) is 12.4 Å². The molecule has 0 bridgehead atoms. The van der Waals surface area contributed by atoms with Crippen LogP contribution in [0.1, 0.15) is 11.1 Å². The van der Waals surface area contributed by atoms with Crippen molar-refractivity contribution in [1.82, 2.24) is 19.9 Å². The number of rotatable bonds is 7. The number of anilines is 6. The van der Waals surface area contributed by atoms with Gasteiger partial charge in [-0.1, -0.05) is 41.1 Å². The van der Waals surface area contributed by atoms with Crippen LogP contribution in [-0.4, -0.2) is 32.2 Å². The molecule has 0 aliphatic carbocycles. The summed E-state index contributed by atoms with van der Waals surface area (Å²) in [5.74, 6) is 0.0155. The summed E-state index contributed by atoms with van der Waals surface area (Å²) >= 11 is 12.5. The van der Waals surface area contributed by atoms with Gasteiger partial charge in [0.15, 0.2) is 10.2 Å². The number of alkyl halides is 6.